The Labute approximate surface area is 72.2 Å². The summed E-state index contributed by atoms with van der Waals surface area (Å²) in [6.45, 7) is 5.34. The van der Waals surface area contributed by atoms with Crippen LogP contribution in [0, 0.1) is 6.33 Å². The third kappa shape index (κ3) is 1.84. The van der Waals surface area contributed by atoms with Crippen molar-refractivity contribution in [1.29, 1.82) is 0 Å². The van der Waals surface area contributed by atoms with Crippen molar-refractivity contribution in [2.75, 3.05) is 26.2 Å². The minimum Gasteiger partial charge on any atom is -0.315 e. The summed E-state index contributed by atoms with van der Waals surface area (Å²) in [6, 6.07) is 0. The third-order valence-corrected chi connectivity index (χ3v) is 2.07. The number of piperazine rings is 1. The Bertz CT molecular complexity index is 213. The van der Waals surface area contributed by atoms with Crippen molar-refractivity contribution < 1.29 is 0 Å². The van der Waals surface area contributed by atoms with Crippen molar-refractivity contribution in [1.82, 2.24) is 19.8 Å². The van der Waals surface area contributed by atoms with Crippen molar-refractivity contribution in [3.05, 3.63) is 18.7 Å². The van der Waals surface area contributed by atoms with E-state index in [0.717, 1.165) is 32.8 Å². The van der Waals surface area contributed by atoms with Gasteiger partial charge >= 0.3 is 0 Å². The molecule has 12 heavy (non-hydrogen) atoms. The van der Waals surface area contributed by atoms with Gasteiger partial charge in [-0.1, -0.05) is 0 Å². The lowest BCUT2D eigenvalue weighted by molar-refractivity contribution is 0.192. The summed E-state index contributed by atoms with van der Waals surface area (Å²) in [5, 5.41) is 3.32. The Balaban J connectivity index is 1.86. The second-order valence-corrected chi connectivity index (χ2v) is 3.01. The van der Waals surface area contributed by atoms with Gasteiger partial charge in [0.05, 0.1) is 6.67 Å². The Morgan fingerprint density at radius 2 is 2.25 bits per heavy atom. The molecule has 0 aliphatic carbocycles. The molecule has 4 nitrogen and oxygen atoms in total. The molecular formula is C8H13N4. The molecule has 0 saturated carbocycles. The maximum Gasteiger partial charge on any atom is 0.177 e. The first-order valence-corrected chi connectivity index (χ1v) is 4.27. The fourth-order valence-electron chi connectivity index (χ4n) is 1.40. The van der Waals surface area contributed by atoms with Gasteiger partial charge in [-0.15, -0.1) is 0 Å². The van der Waals surface area contributed by atoms with Gasteiger partial charge in [-0.25, -0.2) is 4.98 Å². The summed E-state index contributed by atoms with van der Waals surface area (Å²) in [5.41, 5.74) is 0. The lowest BCUT2D eigenvalue weighted by Gasteiger charge is -2.26. The normalized spacial score (nSPS) is 19.7. The maximum atomic E-state index is 3.88. The van der Waals surface area contributed by atoms with Crippen LogP contribution in [0.2, 0.25) is 0 Å². The van der Waals surface area contributed by atoms with E-state index in [-0.39, 0.29) is 0 Å². The van der Waals surface area contributed by atoms with Gasteiger partial charge in [0.2, 0.25) is 0 Å². The summed E-state index contributed by atoms with van der Waals surface area (Å²) in [6.07, 6.45) is 6.60. The number of hydrogen-bond acceptors (Lipinski definition) is 3. The zero-order valence-electron chi connectivity index (χ0n) is 7.03. The number of aromatic nitrogens is 2. The molecule has 1 saturated heterocycles. The molecule has 2 rings (SSSR count). The van der Waals surface area contributed by atoms with Crippen LogP contribution in [0.15, 0.2) is 12.4 Å². The molecule has 0 atom stereocenters. The number of nitrogens with zero attached hydrogens (tertiary/aromatic N) is 3. The van der Waals surface area contributed by atoms with E-state index in [1.807, 2.05) is 10.8 Å². The maximum absolute atomic E-state index is 3.88. The molecule has 1 aromatic heterocycles. The first-order valence-electron chi connectivity index (χ1n) is 4.27. The van der Waals surface area contributed by atoms with Gasteiger partial charge in [0.1, 0.15) is 0 Å². The highest BCUT2D eigenvalue weighted by Gasteiger charge is 2.08. The molecule has 4 heteroatoms. The van der Waals surface area contributed by atoms with Crippen LogP contribution in [0.4, 0.5) is 0 Å². The molecule has 1 aromatic rings. The molecule has 1 aliphatic heterocycles. The lowest BCUT2D eigenvalue weighted by atomic mass is 10.4. The average Bonchev–Trinajstić information content (AvgIpc) is 2.59. The molecule has 2 heterocycles. The second-order valence-electron chi connectivity index (χ2n) is 3.01. The van der Waals surface area contributed by atoms with Crippen molar-refractivity contribution in [2.45, 2.75) is 6.67 Å². The molecule has 1 radical (unpaired) electrons. The van der Waals surface area contributed by atoms with Crippen LogP contribution in [0.25, 0.3) is 0 Å². The third-order valence-electron chi connectivity index (χ3n) is 2.07. The van der Waals surface area contributed by atoms with Crippen molar-refractivity contribution in [2.24, 2.45) is 0 Å². The van der Waals surface area contributed by atoms with Gasteiger partial charge in [0.25, 0.3) is 0 Å². The van der Waals surface area contributed by atoms with Crippen LogP contribution in [0.5, 0.6) is 0 Å². The first kappa shape index (κ1) is 7.76. The minimum absolute atomic E-state index is 0.918. The van der Waals surface area contributed by atoms with Gasteiger partial charge in [-0.05, 0) is 0 Å². The van der Waals surface area contributed by atoms with Crippen molar-refractivity contribution >= 4 is 0 Å². The quantitative estimate of drug-likeness (QED) is 0.644. The molecule has 1 fully saturated rings. The van der Waals surface area contributed by atoms with E-state index in [1.54, 1.807) is 6.20 Å². The van der Waals surface area contributed by atoms with Gasteiger partial charge in [0.15, 0.2) is 6.33 Å². The van der Waals surface area contributed by atoms with Crippen molar-refractivity contribution in [3.63, 3.8) is 0 Å². The van der Waals surface area contributed by atoms with E-state index in [4.69, 9.17) is 0 Å². The number of rotatable bonds is 2. The first-order chi connectivity index (χ1) is 5.95. The molecule has 1 N–H and O–H groups in total. The number of nitrogens with one attached hydrogen (secondary N) is 1. The summed E-state index contributed by atoms with van der Waals surface area (Å²) >= 11 is 0. The summed E-state index contributed by atoms with van der Waals surface area (Å²) in [7, 11) is 0. The Hall–Kier alpha value is -0.870. The zero-order chi connectivity index (χ0) is 8.23. The molecule has 0 aromatic carbocycles. The van der Waals surface area contributed by atoms with Crippen LogP contribution < -0.4 is 5.32 Å². The van der Waals surface area contributed by atoms with E-state index in [1.165, 1.54) is 0 Å². The van der Waals surface area contributed by atoms with E-state index in [0.29, 0.717) is 0 Å². The predicted octanol–water partition coefficient (Wildman–Crippen LogP) is -0.454. The van der Waals surface area contributed by atoms with Gasteiger partial charge in [-0.2, -0.15) is 0 Å². The van der Waals surface area contributed by atoms with Gasteiger partial charge in [-0.3, -0.25) is 4.90 Å². The van der Waals surface area contributed by atoms with Gasteiger partial charge < -0.3 is 9.88 Å². The van der Waals surface area contributed by atoms with Crippen LogP contribution >= 0.6 is 0 Å². The van der Waals surface area contributed by atoms with Gasteiger partial charge in [0, 0.05) is 38.6 Å². The van der Waals surface area contributed by atoms with E-state index in [9.17, 15) is 0 Å². The van der Waals surface area contributed by atoms with Crippen LogP contribution in [0.1, 0.15) is 0 Å². The number of imidazole rings is 1. The Kier molecular flexibility index (Phi) is 2.39. The SMILES string of the molecule is [c]1nccn1CN1CCNCC1. The van der Waals surface area contributed by atoms with E-state index in [2.05, 4.69) is 21.5 Å². The molecule has 1 aliphatic rings. The standard InChI is InChI=1S/C8H13N4/c1-4-11(5-2-9-1)8-12-6-3-10-7-12/h3,6,9H,1-2,4-5,8H2. The molecule has 0 spiro atoms. The largest absolute Gasteiger partial charge is 0.315 e. The summed E-state index contributed by atoms with van der Waals surface area (Å²) in [4.78, 5) is 6.27. The van der Waals surface area contributed by atoms with Crippen molar-refractivity contribution in [3.8, 4) is 0 Å². The van der Waals surface area contributed by atoms with E-state index < -0.39 is 0 Å². The average molecular weight is 165 g/mol. The topological polar surface area (TPSA) is 33.1 Å². The molecule has 65 valence electrons. The molecule has 0 amide bonds. The molecule has 0 unspecified atom stereocenters. The smallest absolute Gasteiger partial charge is 0.177 e. The summed E-state index contributed by atoms with van der Waals surface area (Å²) in [5.74, 6) is 0. The fraction of sp³-hybridized carbons (Fsp3) is 0.625. The van der Waals surface area contributed by atoms with Crippen LogP contribution in [-0.4, -0.2) is 40.6 Å². The highest BCUT2D eigenvalue weighted by atomic mass is 15.3. The minimum atomic E-state index is 0.918. The highest BCUT2D eigenvalue weighted by molar-refractivity contribution is 4.74. The molecule has 0 bridgehead atoms. The Morgan fingerprint density at radius 3 is 2.92 bits per heavy atom. The lowest BCUT2D eigenvalue weighted by Crippen LogP contribution is -2.43. The number of hydrogen-bond donors (Lipinski definition) is 1. The van der Waals surface area contributed by atoms with Crippen LogP contribution in [-0.2, 0) is 6.67 Å². The van der Waals surface area contributed by atoms with E-state index >= 15 is 0 Å². The van der Waals surface area contributed by atoms with Crippen LogP contribution in [0.3, 0.4) is 0 Å². The molecular weight excluding hydrogens is 152 g/mol. The summed E-state index contributed by atoms with van der Waals surface area (Å²) < 4.78 is 1.98. The fourth-order valence-corrected chi connectivity index (χ4v) is 1.40. The highest BCUT2D eigenvalue weighted by Crippen LogP contribution is 1.95. The monoisotopic (exact) mass is 165 g/mol. The zero-order valence-corrected chi connectivity index (χ0v) is 7.03. The predicted molar refractivity (Wildman–Crippen MR) is 45.5 cm³/mol. The second kappa shape index (κ2) is 3.69. The Morgan fingerprint density at radius 1 is 1.42 bits per heavy atom.